The van der Waals surface area contributed by atoms with E-state index in [2.05, 4.69) is 20.7 Å². The monoisotopic (exact) mass is 345 g/mol. The Bertz CT molecular complexity index is 499. The normalized spacial score (nSPS) is 14.5. The first kappa shape index (κ1) is 15.5. The van der Waals surface area contributed by atoms with E-state index in [1.165, 1.54) is 12.1 Å². The smallest absolute Gasteiger partial charge is 0.212 e. The third kappa shape index (κ3) is 4.25. The molecule has 0 fully saturated rings. The standard InChI is InChI=1S/C10H11BrF3NO2S/c1-7(15-18(16,17)6-11)8-2-4-9(5-3-8)10(12,13)14/h2-5,7,15H,6H2,1H3. The van der Waals surface area contributed by atoms with E-state index in [0.29, 0.717) is 5.56 Å². The van der Waals surface area contributed by atoms with Crippen molar-refractivity contribution in [2.24, 2.45) is 0 Å². The Hall–Kier alpha value is -0.600. The highest BCUT2D eigenvalue weighted by Gasteiger charge is 2.30. The number of halogens is 4. The van der Waals surface area contributed by atoms with Crippen LogP contribution in [0.2, 0.25) is 0 Å². The molecule has 8 heteroatoms. The average molecular weight is 346 g/mol. The first-order chi connectivity index (χ1) is 8.15. The molecule has 1 rings (SSSR count). The molecule has 1 unspecified atom stereocenters. The predicted molar refractivity (Wildman–Crippen MR) is 65.7 cm³/mol. The summed E-state index contributed by atoms with van der Waals surface area (Å²) < 4.78 is 61.6. The third-order valence-electron chi connectivity index (χ3n) is 2.24. The highest BCUT2D eigenvalue weighted by atomic mass is 79.9. The van der Waals surface area contributed by atoms with Crippen LogP contribution in [0.1, 0.15) is 24.1 Å². The molecule has 0 aromatic heterocycles. The summed E-state index contributed by atoms with van der Waals surface area (Å²) in [6, 6.07) is 3.77. The second-order valence-corrected chi connectivity index (χ2v) is 6.74. The molecule has 3 nitrogen and oxygen atoms in total. The van der Waals surface area contributed by atoms with Crippen molar-refractivity contribution in [3.63, 3.8) is 0 Å². The van der Waals surface area contributed by atoms with Gasteiger partial charge in [0.05, 0.1) is 5.56 Å². The van der Waals surface area contributed by atoms with Gasteiger partial charge in [0.25, 0.3) is 0 Å². The fourth-order valence-electron chi connectivity index (χ4n) is 1.33. The molecule has 0 spiro atoms. The van der Waals surface area contributed by atoms with E-state index in [9.17, 15) is 21.6 Å². The summed E-state index contributed by atoms with van der Waals surface area (Å²) in [5.41, 5.74) is -0.297. The van der Waals surface area contributed by atoms with Gasteiger partial charge in [0, 0.05) is 6.04 Å². The van der Waals surface area contributed by atoms with Gasteiger partial charge in [-0.25, -0.2) is 13.1 Å². The Labute approximate surface area is 112 Å². The molecule has 0 amide bonds. The molecule has 0 radical (unpaired) electrons. The van der Waals surface area contributed by atoms with E-state index in [0.717, 1.165) is 12.1 Å². The fourth-order valence-corrected chi connectivity index (χ4v) is 2.46. The van der Waals surface area contributed by atoms with Gasteiger partial charge in [-0.1, -0.05) is 28.1 Å². The molecule has 0 aliphatic rings. The van der Waals surface area contributed by atoms with Crippen molar-refractivity contribution in [2.45, 2.75) is 19.1 Å². The van der Waals surface area contributed by atoms with Crippen LogP contribution in [0.4, 0.5) is 13.2 Å². The summed E-state index contributed by atoms with van der Waals surface area (Å²) in [5.74, 6) is 0. The summed E-state index contributed by atoms with van der Waals surface area (Å²) in [7, 11) is -3.46. The van der Waals surface area contributed by atoms with Gasteiger partial charge < -0.3 is 0 Å². The molecule has 102 valence electrons. The zero-order valence-electron chi connectivity index (χ0n) is 9.33. The van der Waals surface area contributed by atoms with Crippen LogP contribution in [-0.2, 0) is 16.2 Å². The third-order valence-corrected chi connectivity index (χ3v) is 5.05. The van der Waals surface area contributed by atoms with Crippen LogP contribution in [0.15, 0.2) is 24.3 Å². The first-order valence-corrected chi connectivity index (χ1v) is 7.66. The quantitative estimate of drug-likeness (QED) is 0.852. The summed E-state index contributed by atoms with van der Waals surface area (Å²) >= 11 is 2.81. The lowest BCUT2D eigenvalue weighted by Crippen LogP contribution is -2.27. The Kier molecular flexibility index (Phi) is 4.79. The van der Waals surface area contributed by atoms with Crippen molar-refractivity contribution in [3.05, 3.63) is 35.4 Å². The largest absolute Gasteiger partial charge is 0.416 e. The summed E-state index contributed by atoms with van der Waals surface area (Å²) in [4.78, 5) is 0. The van der Waals surface area contributed by atoms with Crippen molar-refractivity contribution < 1.29 is 21.6 Å². The maximum absolute atomic E-state index is 12.3. The summed E-state index contributed by atoms with van der Waals surface area (Å²) in [5, 5.41) is 0. The number of rotatable bonds is 4. The fraction of sp³-hybridized carbons (Fsp3) is 0.400. The first-order valence-electron chi connectivity index (χ1n) is 4.89. The van der Waals surface area contributed by atoms with Crippen LogP contribution >= 0.6 is 15.9 Å². The van der Waals surface area contributed by atoms with Crippen LogP contribution in [0.5, 0.6) is 0 Å². The Morgan fingerprint density at radius 2 is 1.78 bits per heavy atom. The molecule has 1 atom stereocenters. The number of nitrogens with one attached hydrogen (secondary N) is 1. The van der Waals surface area contributed by atoms with Gasteiger partial charge in [-0.3, -0.25) is 0 Å². The van der Waals surface area contributed by atoms with Crippen molar-refractivity contribution in [2.75, 3.05) is 4.66 Å². The van der Waals surface area contributed by atoms with E-state index in [4.69, 9.17) is 0 Å². The Morgan fingerprint density at radius 1 is 1.28 bits per heavy atom. The topological polar surface area (TPSA) is 46.2 Å². The SMILES string of the molecule is CC(NS(=O)(=O)CBr)c1ccc(C(F)(F)F)cc1. The average Bonchev–Trinajstić information content (AvgIpc) is 2.27. The van der Waals surface area contributed by atoms with E-state index in [1.807, 2.05) is 0 Å². The van der Waals surface area contributed by atoms with Crippen molar-refractivity contribution in [1.82, 2.24) is 4.72 Å². The summed E-state index contributed by atoms with van der Waals surface area (Å²) in [6.07, 6.45) is -4.39. The number of hydrogen-bond acceptors (Lipinski definition) is 2. The molecule has 0 aliphatic carbocycles. The van der Waals surface area contributed by atoms with Crippen LogP contribution in [0.25, 0.3) is 0 Å². The maximum atomic E-state index is 12.3. The van der Waals surface area contributed by atoms with E-state index < -0.39 is 27.8 Å². The zero-order chi connectivity index (χ0) is 14.0. The molecule has 0 saturated carbocycles. The maximum Gasteiger partial charge on any atom is 0.416 e. The van der Waals surface area contributed by atoms with Gasteiger partial charge in [-0.05, 0) is 24.6 Å². The van der Waals surface area contributed by atoms with Crippen molar-refractivity contribution >= 4 is 26.0 Å². The highest BCUT2D eigenvalue weighted by Crippen LogP contribution is 2.29. The van der Waals surface area contributed by atoms with Crippen molar-refractivity contribution in [3.8, 4) is 0 Å². The molecular weight excluding hydrogens is 335 g/mol. The van der Waals surface area contributed by atoms with Crippen LogP contribution in [-0.4, -0.2) is 13.1 Å². The van der Waals surface area contributed by atoms with Gasteiger partial charge in [0.15, 0.2) is 0 Å². The molecule has 0 saturated heterocycles. The minimum atomic E-state index is -4.39. The lowest BCUT2D eigenvalue weighted by Gasteiger charge is -2.14. The zero-order valence-corrected chi connectivity index (χ0v) is 11.7. The van der Waals surface area contributed by atoms with Gasteiger partial charge in [0.2, 0.25) is 10.0 Å². The van der Waals surface area contributed by atoms with E-state index >= 15 is 0 Å². The second kappa shape index (κ2) is 5.58. The number of alkyl halides is 4. The number of benzene rings is 1. The molecule has 1 aromatic rings. The predicted octanol–water partition coefficient (Wildman–Crippen LogP) is 3.04. The Balaban J connectivity index is 2.86. The molecule has 0 aliphatic heterocycles. The Morgan fingerprint density at radius 3 is 2.17 bits per heavy atom. The second-order valence-electron chi connectivity index (χ2n) is 3.68. The van der Waals surface area contributed by atoms with Crippen LogP contribution < -0.4 is 4.72 Å². The molecule has 1 aromatic carbocycles. The van der Waals surface area contributed by atoms with Gasteiger partial charge in [0.1, 0.15) is 4.66 Å². The molecule has 0 bridgehead atoms. The lowest BCUT2D eigenvalue weighted by atomic mass is 10.1. The van der Waals surface area contributed by atoms with Gasteiger partial charge in [-0.15, -0.1) is 0 Å². The van der Waals surface area contributed by atoms with Crippen LogP contribution in [0.3, 0.4) is 0 Å². The molecule has 1 N–H and O–H groups in total. The highest BCUT2D eigenvalue weighted by molar-refractivity contribution is 9.10. The minimum Gasteiger partial charge on any atom is -0.212 e. The van der Waals surface area contributed by atoms with E-state index in [-0.39, 0.29) is 4.66 Å². The van der Waals surface area contributed by atoms with Crippen molar-refractivity contribution in [1.29, 1.82) is 0 Å². The van der Waals surface area contributed by atoms with E-state index in [1.54, 1.807) is 6.92 Å². The number of hydrogen-bond donors (Lipinski definition) is 1. The van der Waals surface area contributed by atoms with Crippen LogP contribution in [0, 0.1) is 0 Å². The molecule has 18 heavy (non-hydrogen) atoms. The number of sulfonamides is 1. The van der Waals surface area contributed by atoms with Gasteiger partial charge in [-0.2, -0.15) is 13.2 Å². The summed E-state index contributed by atoms with van der Waals surface area (Å²) in [6.45, 7) is 1.56. The molecular formula is C10H11BrF3NO2S. The molecule has 0 heterocycles. The minimum absolute atomic E-state index is 0.259. The van der Waals surface area contributed by atoms with Gasteiger partial charge >= 0.3 is 6.18 Å². The lowest BCUT2D eigenvalue weighted by molar-refractivity contribution is -0.137.